The minimum atomic E-state index is -1.67. The molecule has 0 bridgehead atoms. The van der Waals surface area contributed by atoms with Crippen molar-refractivity contribution in [3.05, 3.63) is 137 Å². The van der Waals surface area contributed by atoms with E-state index in [9.17, 15) is 16.3 Å². The molecule has 5 aromatic rings. The summed E-state index contributed by atoms with van der Waals surface area (Å²) >= 11 is 6.77. The molecule has 1 unspecified atom stereocenters. The van der Waals surface area contributed by atoms with Gasteiger partial charge in [-0.1, -0.05) is 54.1 Å². The lowest BCUT2D eigenvalue weighted by molar-refractivity contribution is 0.621. The highest BCUT2D eigenvalue weighted by Crippen LogP contribution is 2.37. The van der Waals surface area contributed by atoms with Gasteiger partial charge in [0.1, 0.15) is 11.9 Å². The SMILES string of the molecule is [2H][C@](Nc1cc(Cl)c2ncc(C#N)c(NC(CC#N)c3ccccc3)c2c1)(C1=CN(c2cccnc2)NN1)c1ccc(F)cc1. The van der Waals surface area contributed by atoms with Crippen LogP contribution in [0, 0.1) is 28.5 Å². The summed E-state index contributed by atoms with van der Waals surface area (Å²) in [6.45, 7) is 0. The fraction of sp³-hybridized carbons (Fsp3) is 0.0909. The molecule has 0 aliphatic carbocycles. The van der Waals surface area contributed by atoms with Crippen LogP contribution in [0.1, 0.15) is 36.5 Å². The van der Waals surface area contributed by atoms with Crippen LogP contribution in [0.3, 0.4) is 0 Å². The number of hydrogen-bond acceptors (Lipinski definition) is 9. The summed E-state index contributed by atoms with van der Waals surface area (Å²) in [4.78, 5) is 8.60. The van der Waals surface area contributed by atoms with Crippen molar-refractivity contribution < 1.29 is 5.76 Å². The zero-order valence-electron chi connectivity index (χ0n) is 24.1. The maximum atomic E-state index is 14.0. The minimum Gasteiger partial charge on any atom is -0.376 e. The predicted molar refractivity (Wildman–Crippen MR) is 168 cm³/mol. The van der Waals surface area contributed by atoms with E-state index in [-0.39, 0.29) is 17.0 Å². The first-order valence-corrected chi connectivity index (χ1v) is 14.0. The number of benzene rings is 3. The quantitative estimate of drug-likeness (QED) is 0.143. The van der Waals surface area contributed by atoms with Crippen LogP contribution >= 0.6 is 11.6 Å². The molecule has 3 heterocycles. The van der Waals surface area contributed by atoms with Crippen molar-refractivity contribution >= 4 is 39.6 Å². The largest absolute Gasteiger partial charge is 0.376 e. The Morgan fingerprint density at radius 2 is 1.82 bits per heavy atom. The smallest absolute Gasteiger partial charge is 0.123 e. The topological polar surface area (TPSA) is 125 Å². The number of hydrogen-bond donors (Lipinski definition) is 4. The van der Waals surface area contributed by atoms with E-state index in [0.29, 0.717) is 33.5 Å². The number of aromatic nitrogens is 2. The molecule has 6 rings (SSSR count). The number of nitriles is 2. The van der Waals surface area contributed by atoms with Gasteiger partial charge >= 0.3 is 0 Å². The number of anilines is 3. The van der Waals surface area contributed by atoms with Gasteiger partial charge in [-0.05, 0) is 47.5 Å². The first-order valence-electron chi connectivity index (χ1n) is 14.1. The second-order valence-electron chi connectivity index (χ2n) is 9.85. The molecular formula is C33H25ClFN9. The molecule has 0 amide bonds. The van der Waals surface area contributed by atoms with Crippen molar-refractivity contribution in [3.8, 4) is 12.1 Å². The Bertz CT molecular complexity index is 1960. The molecule has 44 heavy (non-hydrogen) atoms. The zero-order chi connectivity index (χ0) is 31.4. The number of halogens is 2. The highest BCUT2D eigenvalue weighted by molar-refractivity contribution is 6.35. The maximum Gasteiger partial charge on any atom is 0.123 e. The van der Waals surface area contributed by atoms with E-state index in [2.05, 4.69) is 43.7 Å². The van der Waals surface area contributed by atoms with Gasteiger partial charge in [0.25, 0.3) is 0 Å². The van der Waals surface area contributed by atoms with Gasteiger partial charge < -0.3 is 16.1 Å². The standard InChI is InChI=1S/C33H25ClFN9/c34-28-16-25(15-27-31(23(17-37)18-39-33(27)28)41-29(12-13-36)21-5-2-1-3-6-21)40-32(22-8-10-24(35)11-9-22)30-20-44(43-42-30)26-7-4-14-38-19-26/h1-11,14-16,18-20,29,32,40,42-43H,12H2,(H,39,41)/t29?,32-/m1/s1/i32D. The summed E-state index contributed by atoms with van der Waals surface area (Å²) in [5.74, 6) is -0.436. The first-order chi connectivity index (χ1) is 21.9. The Hall–Kier alpha value is -5.68. The molecule has 4 N–H and O–H groups in total. The second-order valence-corrected chi connectivity index (χ2v) is 10.3. The lowest BCUT2D eigenvalue weighted by Crippen LogP contribution is -2.37. The van der Waals surface area contributed by atoms with Crippen LogP contribution in [0.25, 0.3) is 10.9 Å². The molecule has 1 aliphatic rings. The number of hydrazine groups is 2. The zero-order valence-corrected chi connectivity index (χ0v) is 23.8. The Morgan fingerprint density at radius 1 is 1.00 bits per heavy atom. The van der Waals surface area contributed by atoms with Gasteiger partial charge in [0.2, 0.25) is 0 Å². The molecule has 1 aliphatic heterocycles. The van der Waals surface area contributed by atoms with E-state index < -0.39 is 17.9 Å². The Labute approximate surface area is 259 Å². The molecule has 0 spiro atoms. The molecule has 3 aromatic carbocycles. The van der Waals surface area contributed by atoms with Crippen LogP contribution in [-0.2, 0) is 0 Å². The molecule has 11 heteroatoms. The molecule has 216 valence electrons. The third kappa shape index (κ3) is 5.94. The summed E-state index contributed by atoms with van der Waals surface area (Å²) in [5, 5.41) is 28.7. The van der Waals surface area contributed by atoms with Crippen LogP contribution in [0.2, 0.25) is 5.02 Å². The molecule has 9 nitrogen and oxygen atoms in total. The molecule has 0 saturated carbocycles. The number of nitrogens with zero attached hydrogens (tertiary/aromatic N) is 5. The van der Waals surface area contributed by atoms with Crippen molar-refractivity contribution in [2.24, 2.45) is 0 Å². The van der Waals surface area contributed by atoms with Gasteiger partial charge in [-0.2, -0.15) is 10.5 Å². The number of fused-ring (bicyclic) bond motifs is 1. The number of rotatable bonds is 9. The predicted octanol–water partition coefficient (Wildman–Crippen LogP) is 6.88. The summed E-state index contributed by atoms with van der Waals surface area (Å²) in [6, 6.07) is 24.5. The van der Waals surface area contributed by atoms with E-state index >= 15 is 0 Å². The Balaban J connectivity index is 1.45. The Morgan fingerprint density at radius 3 is 2.55 bits per heavy atom. The normalized spacial score (nSPS) is 14.8. The van der Waals surface area contributed by atoms with Crippen molar-refractivity contribution in [1.82, 2.24) is 20.9 Å². The summed E-state index contributed by atoms with van der Waals surface area (Å²) < 4.78 is 23.7. The van der Waals surface area contributed by atoms with Gasteiger partial charge in [0.15, 0.2) is 0 Å². The highest BCUT2D eigenvalue weighted by Gasteiger charge is 2.24. The van der Waals surface area contributed by atoms with Crippen LogP contribution in [-0.4, -0.2) is 9.97 Å². The summed E-state index contributed by atoms with van der Waals surface area (Å²) in [7, 11) is 0. The van der Waals surface area contributed by atoms with Crippen molar-refractivity contribution in [3.63, 3.8) is 0 Å². The molecule has 0 saturated heterocycles. The maximum absolute atomic E-state index is 14.0. The minimum absolute atomic E-state index is 0.144. The third-order valence-electron chi connectivity index (χ3n) is 7.03. The van der Waals surface area contributed by atoms with E-state index in [1.165, 1.54) is 30.5 Å². The molecule has 2 aromatic heterocycles. The third-order valence-corrected chi connectivity index (χ3v) is 7.31. The highest BCUT2D eigenvalue weighted by atomic mass is 35.5. The van der Waals surface area contributed by atoms with Gasteiger partial charge in [0, 0.05) is 29.7 Å². The first kappa shape index (κ1) is 27.2. The van der Waals surface area contributed by atoms with Crippen LogP contribution in [0.4, 0.5) is 21.5 Å². The monoisotopic (exact) mass is 602 g/mol. The summed E-state index contributed by atoms with van der Waals surface area (Å²) in [5.41, 5.74) is 10.1. The van der Waals surface area contributed by atoms with E-state index in [1.54, 1.807) is 41.8 Å². The van der Waals surface area contributed by atoms with E-state index in [0.717, 1.165) is 11.3 Å². The van der Waals surface area contributed by atoms with Gasteiger partial charge in [-0.3, -0.25) is 15.0 Å². The van der Waals surface area contributed by atoms with Crippen LogP contribution in [0.5, 0.6) is 0 Å². The van der Waals surface area contributed by atoms with Crippen LogP contribution < -0.4 is 26.6 Å². The van der Waals surface area contributed by atoms with Crippen LogP contribution in [0.15, 0.2) is 109 Å². The molecular weight excluding hydrogens is 577 g/mol. The molecule has 0 fully saturated rings. The fourth-order valence-electron chi connectivity index (χ4n) is 4.91. The van der Waals surface area contributed by atoms with Crippen molar-refractivity contribution in [2.75, 3.05) is 15.6 Å². The lowest BCUT2D eigenvalue weighted by Gasteiger charge is -2.23. The van der Waals surface area contributed by atoms with E-state index in [1.807, 2.05) is 36.4 Å². The van der Waals surface area contributed by atoms with Crippen molar-refractivity contribution in [1.29, 1.82) is 10.5 Å². The van der Waals surface area contributed by atoms with Gasteiger partial charge in [0.05, 0.1) is 65.3 Å². The summed E-state index contributed by atoms with van der Waals surface area (Å²) in [6.07, 6.45) is 6.62. The average Bonchev–Trinajstić information content (AvgIpc) is 3.57. The van der Waals surface area contributed by atoms with Crippen molar-refractivity contribution in [2.45, 2.75) is 18.5 Å². The van der Waals surface area contributed by atoms with E-state index in [4.69, 9.17) is 11.6 Å². The molecule has 0 radical (unpaired) electrons. The number of nitrogens with one attached hydrogen (secondary N) is 4. The molecule has 2 atom stereocenters. The number of pyridine rings is 2. The lowest BCUT2D eigenvalue weighted by atomic mass is 10.0. The van der Waals surface area contributed by atoms with Gasteiger partial charge in [-0.25, -0.2) is 4.39 Å². The second kappa shape index (κ2) is 12.7. The Kier molecular flexibility index (Phi) is 7.83. The fourth-order valence-corrected chi connectivity index (χ4v) is 5.18. The average molecular weight is 603 g/mol. The van der Waals surface area contributed by atoms with Gasteiger partial charge in [-0.15, -0.1) is 5.53 Å².